The third kappa shape index (κ3) is 13.7. The van der Waals surface area contributed by atoms with Gasteiger partial charge in [-0.3, -0.25) is 0 Å². The molecule has 21 nitrogen and oxygen atoms in total. The van der Waals surface area contributed by atoms with Crippen molar-refractivity contribution in [1.29, 1.82) is 0 Å². The van der Waals surface area contributed by atoms with E-state index in [2.05, 4.69) is 58.5 Å². The normalized spacial score (nSPS) is 14.1. The summed E-state index contributed by atoms with van der Waals surface area (Å²) in [5.74, 6) is -3.83. The zero-order valence-corrected chi connectivity index (χ0v) is 22.5. The number of carbonyl (C=O) groups excluding carboxylic acids is 7. The second-order valence-corrected chi connectivity index (χ2v) is 7.60. The lowest BCUT2D eigenvalue weighted by molar-refractivity contribution is -0.516. The van der Waals surface area contributed by atoms with Gasteiger partial charge < -0.3 is 23.7 Å². The van der Waals surface area contributed by atoms with Crippen LogP contribution in [-0.2, 0) is 77.6 Å². The molecule has 0 heterocycles. The van der Waals surface area contributed by atoms with Crippen LogP contribution in [0, 0.1) is 0 Å². The summed E-state index contributed by atoms with van der Waals surface area (Å²) < 4.78 is 21.7. The maximum Gasteiger partial charge on any atom is 0.553 e. The maximum atomic E-state index is 12.3. The zero-order valence-electron chi connectivity index (χ0n) is 22.5. The maximum absolute atomic E-state index is 12.3. The lowest BCUT2D eigenvalue weighted by Crippen LogP contribution is -2.42. The van der Waals surface area contributed by atoms with Crippen molar-refractivity contribution in [2.24, 2.45) is 0 Å². The van der Waals surface area contributed by atoms with Crippen LogP contribution >= 0.6 is 0 Å². The Morgan fingerprint density at radius 1 is 0.683 bits per heavy atom. The van der Waals surface area contributed by atoms with Gasteiger partial charge in [0.25, 0.3) is 0 Å². The van der Waals surface area contributed by atoms with Crippen LogP contribution in [0.1, 0.15) is 60.8 Å². The fourth-order valence-electron chi connectivity index (χ4n) is 1.77. The molecule has 3 atom stereocenters. The van der Waals surface area contributed by atoms with Crippen LogP contribution in [0.15, 0.2) is 0 Å². The lowest BCUT2D eigenvalue weighted by Gasteiger charge is -2.23. The van der Waals surface area contributed by atoms with E-state index in [9.17, 15) is 33.6 Å². The van der Waals surface area contributed by atoms with Crippen molar-refractivity contribution >= 4 is 42.5 Å². The van der Waals surface area contributed by atoms with Gasteiger partial charge >= 0.3 is 42.5 Å². The molecule has 1 N–H and O–H groups in total. The molecule has 0 aliphatic rings. The molecule has 0 rings (SSSR count). The Balaban J connectivity index is 4.68. The molecule has 0 amide bonds. The standard InChI is InChI=1S/C20H28O21/c1-7-10-29-12(21)11(4)30-15(24)33-18(27)36-41-38-20(6,9-3)14(23)32-17(26)35-40-37-19(5,8-2)13(22)31-16(25)34-39-28/h11,28H,7-10H2,1-6H3. The van der Waals surface area contributed by atoms with Crippen molar-refractivity contribution in [3.8, 4) is 0 Å². The highest BCUT2D eigenvalue weighted by atomic mass is 17.5. The second-order valence-electron chi connectivity index (χ2n) is 7.60. The molecule has 3 unspecified atom stereocenters. The smallest absolute Gasteiger partial charge is 0.463 e. The van der Waals surface area contributed by atoms with Crippen LogP contribution in [0.5, 0.6) is 0 Å². The SMILES string of the molecule is CCCOC(=O)C(C)OC(=O)OC(=O)OOOC(C)(CC)C(=O)OC(=O)OOOC(C)(CC)C(=O)OC(=O)OOO. The number of carbonyl (C=O) groups is 7. The van der Waals surface area contributed by atoms with E-state index in [1.807, 2.05) is 0 Å². The molecule has 0 saturated carbocycles. The number of esters is 3. The number of rotatable bonds is 15. The molecule has 0 aliphatic carbocycles. The van der Waals surface area contributed by atoms with E-state index in [4.69, 9.17) is 9.99 Å². The highest BCUT2D eigenvalue weighted by molar-refractivity contribution is 5.88. The summed E-state index contributed by atoms with van der Waals surface area (Å²) in [5, 5.41) is 19.1. The van der Waals surface area contributed by atoms with E-state index >= 15 is 0 Å². The summed E-state index contributed by atoms with van der Waals surface area (Å²) in [4.78, 5) is 102. The molecule has 0 aromatic carbocycles. The minimum atomic E-state index is -2.14. The Morgan fingerprint density at radius 2 is 1.12 bits per heavy atom. The van der Waals surface area contributed by atoms with E-state index in [0.717, 1.165) is 20.8 Å². The summed E-state index contributed by atoms with van der Waals surface area (Å²) in [7, 11) is 0. The predicted octanol–water partition coefficient (Wildman–Crippen LogP) is 2.45. The Bertz CT molecular complexity index is 932. The van der Waals surface area contributed by atoms with E-state index < -0.39 is 59.8 Å². The van der Waals surface area contributed by atoms with Gasteiger partial charge in [-0.25, -0.2) is 48.7 Å². The van der Waals surface area contributed by atoms with Gasteiger partial charge in [-0.1, -0.05) is 20.8 Å². The van der Waals surface area contributed by atoms with Crippen molar-refractivity contribution in [3.05, 3.63) is 0 Å². The molecule has 0 fully saturated rings. The first-order valence-electron chi connectivity index (χ1n) is 11.3. The van der Waals surface area contributed by atoms with Crippen molar-refractivity contribution in [3.63, 3.8) is 0 Å². The van der Waals surface area contributed by atoms with Crippen molar-refractivity contribution in [2.75, 3.05) is 6.61 Å². The van der Waals surface area contributed by atoms with Gasteiger partial charge in [0, 0.05) is 0 Å². The molecule has 0 spiro atoms. The summed E-state index contributed by atoms with van der Waals surface area (Å²) in [6, 6.07) is 0. The average Bonchev–Trinajstić information content (AvgIpc) is 2.90. The first-order valence-corrected chi connectivity index (χ1v) is 11.3. The Kier molecular flexibility index (Phi) is 16.4. The second kappa shape index (κ2) is 18.2. The van der Waals surface area contributed by atoms with Gasteiger partial charge in [0.05, 0.1) is 6.61 Å². The molecule has 0 aromatic heterocycles. The van der Waals surface area contributed by atoms with Crippen LogP contribution in [0.25, 0.3) is 0 Å². The molecule has 0 aromatic rings. The van der Waals surface area contributed by atoms with Crippen LogP contribution in [0.4, 0.5) is 19.2 Å². The Hall–Kier alpha value is -4.15. The van der Waals surface area contributed by atoms with Crippen molar-refractivity contribution in [2.45, 2.75) is 78.1 Å². The fourth-order valence-corrected chi connectivity index (χ4v) is 1.77. The van der Waals surface area contributed by atoms with Gasteiger partial charge in [-0.15, -0.1) is 0 Å². The van der Waals surface area contributed by atoms with Crippen molar-refractivity contribution in [1.82, 2.24) is 0 Å². The van der Waals surface area contributed by atoms with Crippen LogP contribution in [0.3, 0.4) is 0 Å². The fraction of sp³-hybridized carbons (Fsp3) is 0.650. The quantitative estimate of drug-likeness (QED) is 0.0924. The molecule has 0 saturated heterocycles. The van der Waals surface area contributed by atoms with Gasteiger partial charge in [0.2, 0.25) is 11.2 Å². The third-order valence-electron chi connectivity index (χ3n) is 4.53. The molecule has 21 heteroatoms. The molecular weight excluding hydrogens is 576 g/mol. The van der Waals surface area contributed by atoms with Gasteiger partial charge in [-0.2, -0.15) is 14.6 Å². The first kappa shape index (κ1) is 36.8. The molecule has 0 bridgehead atoms. The number of ether oxygens (including phenoxy) is 5. The van der Waals surface area contributed by atoms with Crippen LogP contribution in [0.2, 0.25) is 0 Å². The summed E-state index contributed by atoms with van der Waals surface area (Å²) in [6.07, 6.45) is -8.54. The predicted molar refractivity (Wildman–Crippen MR) is 115 cm³/mol. The summed E-state index contributed by atoms with van der Waals surface area (Å²) >= 11 is 0. The summed E-state index contributed by atoms with van der Waals surface area (Å²) in [6.45, 7) is 7.68. The third-order valence-corrected chi connectivity index (χ3v) is 4.53. The molecule has 41 heavy (non-hydrogen) atoms. The molecule has 0 aliphatic heterocycles. The minimum Gasteiger partial charge on any atom is -0.463 e. The van der Waals surface area contributed by atoms with Gasteiger partial charge in [0.1, 0.15) is 0 Å². The first-order chi connectivity index (χ1) is 19.2. The zero-order chi connectivity index (χ0) is 31.6. The highest BCUT2D eigenvalue weighted by Gasteiger charge is 2.41. The van der Waals surface area contributed by atoms with E-state index in [-0.39, 0.29) is 19.4 Å². The van der Waals surface area contributed by atoms with E-state index in [1.165, 1.54) is 13.8 Å². The topological polar surface area (TPSA) is 260 Å². The largest absolute Gasteiger partial charge is 0.553 e. The highest BCUT2D eigenvalue weighted by Crippen LogP contribution is 2.20. The summed E-state index contributed by atoms with van der Waals surface area (Å²) in [5.41, 5.74) is -4.22. The number of hydrogen-bond acceptors (Lipinski definition) is 21. The minimum absolute atomic E-state index is 0.0727. The van der Waals surface area contributed by atoms with E-state index in [0.29, 0.717) is 6.42 Å². The molecule has 0 radical (unpaired) electrons. The lowest BCUT2D eigenvalue weighted by atomic mass is 10.0. The molecule has 234 valence electrons. The van der Waals surface area contributed by atoms with Crippen LogP contribution in [-0.4, -0.2) is 71.7 Å². The Labute approximate surface area is 230 Å². The number of hydrogen-bond donors (Lipinski definition) is 1. The monoisotopic (exact) mass is 604 g/mol. The van der Waals surface area contributed by atoms with Crippen LogP contribution < -0.4 is 0 Å². The van der Waals surface area contributed by atoms with Gasteiger partial charge in [0.15, 0.2) is 6.10 Å². The van der Waals surface area contributed by atoms with Gasteiger partial charge in [-0.05, 0) is 55.1 Å². The average molecular weight is 604 g/mol. The molecular formula is C20H28O21. The van der Waals surface area contributed by atoms with Crippen molar-refractivity contribution < 1.29 is 102 Å². The Morgan fingerprint density at radius 3 is 1.54 bits per heavy atom. The van der Waals surface area contributed by atoms with E-state index in [1.54, 1.807) is 6.92 Å².